The maximum atomic E-state index is 5.30. The molecule has 0 fully saturated rings. The third-order valence-corrected chi connectivity index (χ3v) is 2.44. The zero-order chi connectivity index (χ0) is 11.4. The summed E-state index contributed by atoms with van der Waals surface area (Å²) < 4.78 is 0. The van der Waals surface area contributed by atoms with Crippen LogP contribution < -0.4 is 0 Å². The van der Waals surface area contributed by atoms with E-state index in [1.165, 1.54) is 0 Å². The molecule has 0 heteroatoms. The van der Waals surface area contributed by atoms with Gasteiger partial charge in [-0.05, 0) is 35.4 Å². The van der Waals surface area contributed by atoms with Crippen molar-refractivity contribution in [2.24, 2.45) is 0 Å². The van der Waals surface area contributed by atoms with Crippen LogP contribution >= 0.6 is 0 Å². The number of benzene rings is 2. The van der Waals surface area contributed by atoms with Crippen LogP contribution in [0.2, 0.25) is 0 Å². The van der Waals surface area contributed by atoms with Crippen LogP contribution in [0.4, 0.5) is 0 Å². The average Bonchev–Trinajstić information content (AvgIpc) is 2.39. The minimum absolute atomic E-state index is 0.893. The lowest BCUT2D eigenvalue weighted by atomic mass is 10.0. The SMILES string of the molecule is C#Cc1ccc(-c2ccc(C#C)cc2)cc1. The number of rotatable bonds is 1. The Balaban J connectivity index is 2.36. The fourth-order valence-corrected chi connectivity index (χ4v) is 1.52. The summed E-state index contributed by atoms with van der Waals surface area (Å²) in [7, 11) is 0. The lowest BCUT2D eigenvalue weighted by Gasteiger charge is -2.01. The second-order valence-electron chi connectivity index (χ2n) is 3.44. The third kappa shape index (κ3) is 1.97. The van der Waals surface area contributed by atoms with Crippen molar-refractivity contribution >= 4 is 0 Å². The van der Waals surface area contributed by atoms with Gasteiger partial charge in [0.15, 0.2) is 0 Å². The fourth-order valence-electron chi connectivity index (χ4n) is 1.52. The molecular formula is C16H10. The van der Waals surface area contributed by atoms with Crippen LogP contribution in [0.1, 0.15) is 11.1 Å². The van der Waals surface area contributed by atoms with E-state index < -0.39 is 0 Å². The van der Waals surface area contributed by atoms with Crippen molar-refractivity contribution in [3.05, 3.63) is 59.7 Å². The van der Waals surface area contributed by atoms with E-state index in [1.54, 1.807) is 0 Å². The molecule has 0 aromatic heterocycles. The molecule has 0 aliphatic rings. The van der Waals surface area contributed by atoms with E-state index in [9.17, 15) is 0 Å². The van der Waals surface area contributed by atoms with Gasteiger partial charge in [0.1, 0.15) is 0 Å². The molecule has 0 aliphatic carbocycles. The topological polar surface area (TPSA) is 0 Å². The lowest BCUT2D eigenvalue weighted by molar-refractivity contribution is 1.58. The first-order valence-electron chi connectivity index (χ1n) is 4.97. The Labute approximate surface area is 95.9 Å². The largest absolute Gasteiger partial charge is 0.115 e. The van der Waals surface area contributed by atoms with Crippen molar-refractivity contribution in [1.82, 2.24) is 0 Å². The van der Waals surface area contributed by atoms with Crippen molar-refractivity contribution in [3.63, 3.8) is 0 Å². The Bertz CT molecular complexity index is 502. The summed E-state index contributed by atoms with van der Waals surface area (Å²) in [5.74, 6) is 5.19. The molecule has 74 valence electrons. The summed E-state index contributed by atoms with van der Waals surface area (Å²) in [4.78, 5) is 0. The summed E-state index contributed by atoms with van der Waals surface area (Å²) in [6.07, 6.45) is 10.6. The molecule has 0 radical (unpaired) electrons. The van der Waals surface area contributed by atoms with Gasteiger partial charge in [-0.25, -0.2) is 0 Å². The van der Waals surface area contributed by atoms with Crippen LogP contribution in [0.15, 0.2) is 48.5 Å². The minimum Gasteiger partial charge on any atom is -0.115 e. The highest BCUT2D eigenvalue weighted by Crippen LogP contribution is 2.19. The predicted octanol–water partition coefficient (Wildman–Crippen LogP) is 3.32. The molecule has 0 nitrogen and oxygen atoms in total. The second-order valence-corrected chi connectivity index (χ2v) is 3.44. The van der Waals surface area contributed by atoms with Gasteiger partial charge in [0.2, 0.25) is 0 Å². The molecule has 0 spiro atoms. The maximum Gasteiger partial charge on any atom is 0.0243 e. The van der Waals surface area contributed by atoms with E-state index in [4.69, 9.17) is 12.8 Å². The first kappa shape index (κ1) is 10.1. The van der Waals surface area contributed by atoms with Crippen LogP contribution in [0, 0.1) is 24.7 Å². The first-order valence-corrected chi connectivity index (χ1v) is 4.97. The normalized spacial score (nSPS) is 9.12. The first-order chi connectivity index (χ1) is 7.83. The van der Waals surface area contributed by atoms with Crippen LogP contribution in [0.5, 0.6) is 0 Å². The van der Waals surface area contributed by atoms with E-state index >= 15 is 0 Å². The van der Waals surface area contributed by atoms with Gasteiger partial charge in [-0.2, -0.15) is 0 Å². The molecule has 16 heavy (non-hydrogen) atoms. The molecule has 0 saturated carbocycles. The quantitative estimate of drug-likeness (QED) is 0.622. The van der Waals surface area contributed by atoms with Crippen molar-refractivity contribution in [2.75, 3.05) is 0 Å². The predicted molar refractivity (Wildman–Crippen MR) is 67.7 cm³/mol. The Morgan fingerprint density at radius 3 is 1.12 bits per heavy atom. The van der Waals surface area contributed by atoms with E-state index in [1.807, 2.05) is 48.5 Å². The molecule has 0 heterocycles. The smallest absolute Gasteiger partial charge is 0.0243 e. The van der Waals surface area contributed by atoms with E-state index in [0.717, 1.165) is 22.3 Å². The third-order valence-electron chi connectivity index (χ3n) is 2.44. The van der Waals surface area contributed by atoms with Crippen molar-refractivity contribution in [3.8, 4) is 35.8 Å². The van der Waals surface area contributed by atoms with Crippen molar-refractivity contribution < 1.29 is 0 Å². The van der Waals surface area contributed by atoms with Crippen molar-refractivity contribution in [2.45, 2.75) is 0 Å². The van der Waals surface area contributed by atoms with Crippen LogP contribution in [0.3, 0.4) is 0 Å². The van der Waals surface area contributed by atoms with Crippen LogP contribution in [0.25, 0.3) is 11.1 Å². The summed E-state index contributed by atoms with van der Waals surface area (Å²) >= 11 is 0. The number of hydrogen-bond donors (Lipinski definition) is 0. The minimum atomic E-state index is 0.893. The Morgan fingerprint density at radius 2 is 0.875 bits per heavy atom. The number of hydrogen-bond acceptors (Lipinski definition) is 0. The average molecular weight is 202 g/mol. The summed E-state index contributed by atoms with van der Waals surface area (Å²) in [6, 6.07) is 15.8. The molecule has 0 aliphatic heterocycles. The molecule has 0 bridgehead atoms. The van der Waals surface area contributed by atoms with E-state index in [0.29, 0.717) is 0 Å². The molecule has 2 aromatic carbocycles. The molecule has 0 N–H and O–H groups in total. The molecule has 2 rings (SSSR count). The summed E-state index contributed by atoms with van der Waals surface area (Å²) in [5.41, 5.74) is 4.07. The zero-order valence-electron chi connectivity index (χ0n) is 8.77. The maximum absolute atomic E-state index is 5.30. The van der Waals surface area contributed by atoms with Gasteiger partial charge < -0.3 is 0 Å². The Kier molecular flexibility index (Phi) is 2.77. The van der Waals surface area contributed by atoms with E-state index in [-0.39, 0.29) is 0 Å². The molecule has 0 saturated heterocycles. The van der Waals surface area contributed by atoms with Gasteiger partial charge in [0.25, 0.3) is 0 Å². The van der Waals surface area contributed by atoms with Gasteiger partial charge in [-0.1, -0.05) is 36.1 Å². The molecule has 0 atom stereocenters. The van der Waals surface area contributed by atoms with Gasteiger partial charge in [-0.3, -0.25) is 0 Å². The molecule has 0 unspecified atom stereocenters. The molecular weight excluding hydrogens is 192 g/mol. The Hall–Kier alpha value is -2.44. The van der Waals surface area contributed by atoms with E-state index in [2.05, 4.69) is 11.8 Å². The Morgan fingerprint density at radius 1 is 0.562 bits per heavy atom. The fraction of sp³-hybridized carbons (Fsp3) is 0. The standard InChI is InChI=1S/C16H10/c1-3-13-5-9-15(10-6-13)16-11-7-14(4-2)8-12-16/h1-2,5-12H. The summed E-state index contributed by atoms with van der Waals surface area (Å²) in [5, 5.41) is 0. The van der Waals surface area contributed by atoms with Crippen LogP contribution in [-0.4, -0.2) is 0 Å². The molecule has 0 amide bonds. The highest BCUT2D eigenvalue weighted by atomic mass is 14.0. The van der Waals surface area contributed by atoms with Gasteiger partial charge in [-0.15, -0.1) is 12.8 Å². The monoisotopic (exact) mass is 202 g/mol. The molecule has 2 aromatic rings. The summed E-state index contributed by atoms with van der Waals surface area (Å²) in [6.45, 7) is 0. The highest BCUT2D eigenvalue weighted by molar-refractivity contribution is 5.65. The van der Waals surface area contributed by atoms with Gasteiger partial charge >= 0.3 is 0 Å². The van der Waals surface area contributed by atoms with Gasteiger partial charge in [0, 0.05) is 11.1 Å². The second kappa shape index (κ2) is 4.39. The lowest BCUT2D eigenvalue weighted by Crippen LogP contribution is -1.80. The highest BCUT2D eigenvalue weighted by Gasteiger charge is 1.96. The van der Waals surface area contributed by atoms with Gasteiger partial charge in [0.05, 0.1) is 0 Å². The zero-order valence-corrected chi connectivity index (χ0v) is 8.77. The van der Waals surface area contributed by atoms with Crippen LogP contribution in [-0.2, 0) is 0 Å². The van der Waals surface area contributed by atoms with Crippen molar-refractivity contribution in [1.29, 1.82) is 0 Å². The number of terminal acetylenes is 2.